The molecule has 0 amide bonds. The molecule has 0 unspecified atom stereocenters. The molecule has 1 heterocycles. The molecule has 4 nitrogen and oxygen atoms in total. The Morgan fingerprint density at radius 3 is 2.31 bits per heavy atom. The summed E-state index contributed by atoms with van der Waals surface area (Å²) in [6.07, 6.45) is 5.77. The van der Waals surface area contributed by atoms with Gasteiger partial charge in [0.05, 0.1) is 6.10 Å². The Labute approximate surface area is 96.6 Å². The van der Waals surface area contributed by atoms with Gasteiger partial charge in [0.1, 0.15) is 5.54 Å². The number of hydrogen-bond donors (Lipinski definition) is 1. The smallest absolute Gasteiger partial charge is 0.324 e. The highest BCUT2D eigenvalue weighted by Crippen LogP contribution is 2.37. The first-order chi connectivity index (χ1) is 7.69. The third-order valence-corrected chi connectivity index (χ3v) is 4.20. The quantitative estimate of drug-likeness (QED) is 0.793. The molecule has 1 saturated carbocycles. The summed E-state index contributed by atoms with van der Waals surface area (Å²) >= 11 is 0. The second kappa shape index (κ2) is 4.72. The molecular weight excluding hydrogens is 206 g/mol. The Balaban J connectivity index is 2.08. The first kappa shape index (κ1) is 11.9. The van der Waals surface area contributed by atoms with Crippen LogP contribution in [-0.4, -0.2) is 47.8 Å². The number of carboxylic acids is 1. The van der Waals surface area contributed by atoms with E-state index in [1.807, 2.05) is 0 Å². The summed E-state index contributed by atoms with van der Waals surface area (Å²) in [6.45, 7) is 1.90. The van der Waals surface area contributed by atoms with Crippen molar-refractivity contribution >= 4 is 5.97 Å². The van der Waals surface area contributed by atoms with E-state index in [4.69, 9.17) is 4.74 Å². The minimum Gasteiger partial charge on any atom is -0.480 e. The molecule has 16 heavy (non-hydrogen) atoms. The molecule has 4 heteroatoms. The van der Waals surface area contributed by atoms with Gasteiger partial charge in [0, 0.05) is 7.11 Å². The third-order valence-electron chi connectivity index (χ3n) is 4.20. The van der Waals surface area contributed by atoms with Crippen LogP contribution < -0.4 is 0 Å². The van der Waals surface area contributed by atoms with Gasteiger partial charge < -0.3 is 9.84 Å². The molecule has 92 valence electrons. The van der Waals surface area contributed by atoms with E-state index in [9.17, 15) is 9.90 Å². The molecule has 0 atom stereocenters. The van der Waals surface area contributed by atoms with Crippen LogP contribution in [-0.2, 0) is 9.53 Å². The number of carboxylic acid groups (broad SMARTS) is 1. The molecule has 0 aromatic carbocycles. The summed E-state index contributed by atoms with van der Waals surface area (Å²) in [4.78, 5) is 13.8. The Morgan fingerprint density at radius 2 is 1.88 bits per heavy atom. The standard InChI is InChI=1S/C12H21NO3/c1-16-10-4-6-12(7-5-10,11(14)15)13-8-2-3-9-13/h10H,2-9H2,1H3,(H,14,15). The number of rotatable bonds is 3. The van der Waals surface area contributed by atoms with E-state index >= 15 is 0 Å². The van der Waals surface area contributed by atoms with E-state index in [-0.39, 0.29) is 6.10 Å². The predicted octanol–water partition coefficient (Wildman–Crippen LogP) is 1.49. The van der Waals surface area contributed by atoms with Crippen LogP contribution in [0.5, 0.6) is 0 Å². The summed E-state index contributed by atoms with van der Waals surface area (Å²) in [5.41, 5.74) is -0.592. The highest BCUT2D eigenvalue weighted by atomic mass is 16.5. The van der Waals surface area contributed by atoms with Crippen molar-refractivity contribution in [2.45, 2.75) is 50.2 Å². The van der Waals surface area contributed by atoms with Gasteiger partial charge in [-0.25, -0.2) is 0 Å². The second-order valence-electron chi connectivity index (χ2n) is 4.97. The summed E-state index contributed by atoms with van der Waals surface area (Å²) < 4.78 is 5.32. The van der Waals surface area contributed by atoms with Crippen molar-refractivity contribution in [2.24, 2.45) is 0 Å². The average molecular weight is 227 g/mol. The summed E-state index contributed by atoms with van der Waals surface area (Å²) in [7, 11) is 1.72. The highest BCUT2D eigenvalue weighted by Gasteiger charge is 2.47. The Bertz CT molecular complexity index is 253. The van der Waals surface area contributed by atoms with Gasteiger partial charge in [-0.1, -0.05) is 0 Å². The molecule has 0 bridgehead atoms. The van der Waals surface area contributed by atoms with Crippen LogP contribution in [0.4, 0.5) is 0 Å². The van der Waals surface area contributed by atoms with Gasteiger partial charge in [-0.15, -0.1) is 0 Å². The molecule has 2 aliphatic rings. The zero-order valence-electron chi connectivity index (χ0n) is 9.95. The van der Waals surface area contributed by atoms with Gasteiger partial charge in [-0.2, -0.15) is 0 Å². The molecule has 1 N–H and O–H groups in total. The van der Waals surface area contributed by atoms with Crippen molar-refractivity contribution in [1.29, 1.82) is 0 Å². The van der Waals surface area contributed by atoms with Crippen LogP contribution in [0.1, 0.15) is 38.5 Å². The molecule has 1 aliphatic heterocycles. The first-order valence-corrected chi connectivity index (χ1v) is 6.20. The Hall–Kier alpha value is -0.610. The van der Waals surface area contributed by atoms with Crippen LogP contribution in [0.15, 0.2) is 0 Å². The van der Waals surface area contributed by atoms with Gasteiger partial charge in [0.25, 0.3) is 0 Å². The number of ether oxygens (including phenoxy) is 1. The maximum atomic E-state index is 11.6. The van der Waals surface area contributed by atoms with E-state index in [2.05, 4.69) is 4.90 Å². The van der Waals surface area contributed by atoms with E-state index in [1.165, 1.54) is 0 Å². The van der Waals surface area contributed by atoms with Crippen molar-refractivity contribution < 1.29 is 14.6 Å². The largest absolute Gasteiger partial charge is 0.480 e. The zero-order chi connectivity index (χ0) is 11.6. The number of methoxy groups -OCH3 is 1. The van der Waals surface area contributed by atoms with E-state index in [0.717, 1.165) is 51.6 Å². The average Bonchev–Trinajstić information content (AvgIpc) is 2.82. The van der Waals surface area contributed by atoms with Gasteiger partial charge in [-0.05, 0) is 51.6 Å². The molecule has 2 fully saturated rings. The third kappa shape index (κ3) is 1.96. The lowest BCUT2D eigenvalue weighted by Crippen LogP contribution is -2.56. The van der Waals surface area contributed by atoms with E-state index < -0.39 is 11.5 Å². The van der Waals surface area contributed by atoms with Gasteiger partial charge >= 0.3 is 5.97 Å². The highest BCUT2D eigenvalue weighted by molar-refractivity contribution is 5.79. The van der Waals surface area contributed by atoms with Crippen molar-refractivity contribution in [1.82, 2.24) is 4.90 Å². The fourth-order valence-electron chi connectivity index (χ4n) is 3.12. The molecule has 1 aliphatic carbocycles. The molecule has 0 radical (unpaired) electrons. The molecule has 2 rings (SSSR count). The number of carbonyl (C=O) groups is 1. The minimum atomic E-state index is -0.635. The van der Waals surface area contributed by atoms with E-state index in [1.54, 1.807) is 7.11 Å². The molecule has 1 saturated heterocycles. The first-order valence-electron chi connectivity index (χ1n) is 6.20. The number of likely N-dealkylation sites (tertiary alicyclic amines) is 1. The predicted molar refractivity (Wildman–Crippen MR) is 60.4 cm³/mol. The van der Waals surface area contributed by atoms with Crippen molar-refractivity contribution in [2.75, 3.05) is 20.2 Å². The zero-order valence-corrected chi connectivity index (χ0v) is 9.95. The van der Waals surface area contributed by atoms with Crippen molar-refractivity contribution in [3.8, 4) is 0 Å². The molecule has 0 spiro atoms. The van der Waals surface area contributed by atoms with Crippen LogP contribution in [0, 0.1) is 0 Å². The van der Waals surface area contributed by atoms with Crippen molar-refractivity contribution in [3.05, 3.63) is 0 Å². The normalized spacial score (nSPS) is 36.4. The fourth-order valence-corrected chi connectivity index (χ4v) is 3.12. The maximum Gasteiger partial charge on any atom is 0.324 e. The summed E-state index contributed by atoms with van der Waals surface area (Å²) in [5.74, 6) is -0.635. The van der Waals surface area contributed by atoms with Gasteiger partial charge in [0.15, 0.2) is 0 Å². The minimum absolute atomic E-state index is 0.259. The van der Waals surface area contributed by atoms with Gasteiger partial charge in [-0.3, -0.25) is 9.69 Å². The van der Waals surface area contributed by atoms with Crippen LogP contribution in [0.25, 0.3) is 0 Å². The Morgan fingerprint density at radius 1 is 1.31 bits per heavy atom. The number of hydrogen-bond acceptors (Lipinski definition) is 3. The fraction of sp³-hybridized carbons (Fsp3) is 0.917. The second-order valence-corrected chi connectivity index (χ2v) is 4.97. The van der Waals surface area contributed by atoms with Crippen LogP contribution >= 0.6 is 0 Å². The molecule has 0 aromatic heterocycles. The topological polar surface area (TPSA) is 49.8 Å². The summed E-state index contributed by atoms with van der Waals surface area (Å²) in [6, 6.07) is 0. The molecule has 0 aromatic rings. The Kier molecular flexibility index (Phi) is 3.50. The maximum absolute atomic E-state index is 11.6. The lowest BCUT2D eigenvalue weighted by Gasteiger charge is -2.42. The number of aliphatic carboxylic acids is 1. The van der Waals surface area contributed by atoms with Crippen molar-refractivity contribution in [3.63, 3.8) is 0 Å². The monoisotopic (exact) mass is 227 g/mol. The van der Waals surface area contributed by atoms with Crippen LogP contribution in [0.3, 0.4) is 0 Å². The lowest BCUT2D eigenvalue weighted by atomic mass is 9.79. The SMILES string of the molecule is COC1CCC(C(=O)O)(N2CCCC2)CC1. The lowest BCUT2D eigenvalue weighted by molar-refractivity contribution is -0.155. The number of nitrogens with zero attached hydrogens (tertiary/aromatic N) is 1. The van der Waals surface area contributed by atoms with Gasteiger partial charge in [0.2, 0.25) is 0 Å². The van der Waals surface area contributed by atoms with Crippen LogP contribution in [0.2, 0.25) is 0 Å². The summed E-state index contributed by atoms with van der Waals surface area (Å²) in [5, 5.41) is 9.53. The molecular formula is C12H21NO3. The van der Waals surface area contributed by atoms with E-state index in [0.29, 0.717) is 0 Å².